The molecule has 0 saturated carbocycles. The van der Waals surface area contributed by atoms with E-state index in [1.54, 1.807) is 11.3 Å². The molecular formula is C10H12OS. The van der Waals surface area contributed by atoms with Crippen molar-refractivity contribution in [1.82, 2.24) is 0 Å². The number of allylic oxidation sites excluding steroid dienone is 1. The van der Waals surface area contributed by atoms with Crippen molar-refractivity contribution in [3.63, 3.8) is 0 Å². The van der Waals surface area contributed by atoms with Crippen LogP contribution in [0.3, 0.4) is 0 Å². The lowest BCUT2D eigenvalue weighted by molar-refractivity contribution is 0.206. The Balaban J connectivity index is 2.23. The van der Waals surface area contributed by atoms with Crippen LogP contribution >= 0.6 is 11.3 Å². The second-order valence-corrected chi connectivity index (χ2v) is 4.08. The zero-order valence-corrected chi connectivity index (χ0v) is 7.68. The zero-order valence-electron chi connectivity index (χ0n) is 6.86. The molecule has 1 aliphatic carbocycles. The van der Waals surface area contributed by atoms with E-state index in [-0.39, 0.29) is 6.10 Å². The third kappa shape index (κ3) is 1.59. The minimum Gasteiger partial charge on any atom is -0.389 e. The van der Waals surface area contributed by atoms with Gasteiger partial charge in [0.2, 0.25) is 0 Å². The van der Waals surface area contributed by atoms with Gasteiger partial charge in [0, 0.05) is 4.88 Å². The van der Waals surface area contributed by atoms with E-state index < -0.39 is 0 Å². The number of aliphatic hydroxyl groups excluding tert-OH is 1. The fraction of sp³-hybridized carbons (Fsp3) is 0.400. The lowest BCUT2D eigenvalue weighted by Crippen LogP contribution is -2.07. The molecule has 12 heavy (non-hydrogen) atoms. The van der Waals surface area contributed by atoms with Gasteiger partial charge < -0.3 is 5.11 Å². The Hall–Kier alpha value is -0.600. The predicted octanol–water partition coefficient (Wildman–Crippen LogP) is 2.68. The third-order valence-electron chi connectivity index (χ3n) is 2.18. The molecule has 0 fully saturated rings. The fourth-order valence-corrected chi connectivity index (χ4v) is 2.35. The van der Waals surface area contributed by atoms with Crippen molar-refractivity contribution in [1.29, 1.82) is 0 Å². The second kappa shape index (κ2) is 3.42. The van der Waals surface area contributed by atoms with E-state index in [0.29, 0.717) is 0 Å². The topological polar surface area (TPSA) is 20.2 Å². The summed E-state index contributed by atoms with van der Waals surface area (Å²) < 4.78 is 0. The molecule has 1 atom stereocenters. The Bertz CT molecular complexity index is 274. The fourth-order valence-electron chi connectivity index (χ4n) is 1.57. The Labute approximate surface area is 76.4 Å². The maximum absolute atomic E-state index is 9.41. The summed E-state index contributed by atoms with van der Waals surface area (Å²) in [6.07, 6.45) is 4.95. The minimum atomic E-state index is -0.212. The third-order valence-corrected chi connectivity index (χ3v) is 3.12. The van der Waals surface area contributed by atoms with Gasteiger partial charge in [-0.05, 0) is 36.3 Å². The van der Waals surface area contributed by atoms with Crippen LogP contribution in [0, 0.1) is 0 Å². The van der Waals surface area contributed by atoms with Gasteiger partial charge in [-0.3, -0.25) is 0 Å². The maximum Gasteiger partial charge on any atom is 0.0727 e. The highest BCUT2D eigenvalue weighted by atomic mass is 32.1. The van der Waals surface area contributed by atoms with Crippen molar-refractivity contribution < 1.29 is 5.11 Å². The van der Waals surface area contributed by atoms with Crippen molar-refractivity contribution in [3.05, 3.63) is 28.5 Å². The van der Waals surface area contributed by atoms with Gasteiger partial charge >= 0.3 is 0 Å². The highest BCUT2D eigenvalue weighted by Crippen LogP contribution is 2.29. The maximum atomic E-state index is 9.41. The standard InChI is InChI=1S/C10H12OS/c11-9-4-1-3-8(7-9)10-5-2-6-12-10/h2,5-7,9,11H,1,3-4H2. The first kappa shape index (κ1) is 8.02. The van der Waals surface area contributed by atoms with Gasteiger partial charge in [0.1, 0.15) is 0 Å². The van der Waals surface area contributed by atoms with Crippen LogP contribution in [0.1, 0.15) is 24.1 Å². The van der Waals surface area contributed by atoms with Crippen molar-refractivity contribution in [2.75, 3.05) is 0 Å². The first-order valence-corrected chi connectivity index (χ1v) is 5.17. The van der Waals surface area contributed by atoms with Gasteiger partial charge in [-0.2, -0.15) is 0 Å². The summed E-state index contributed by atoms with van der Waals surface area (Å²) in [7, 11) is 0. The molecule has 2 rings (SSSR count). The van der Waals surface area contributed by atoms with Crippen LogP contribution in [-0.2, 0) is 0 Å². The normalized spacial score (nSPS) is 23.8. The molecule has 0 spiro atoms. The number of hydrogen-bond donors (Lipinski definition) is 1. The van der Waals surface area contributed by atoms with Crippen molar-refractivity contribution >= 4 is 16.9 Å². The molecule has 1 heterocycles. The van der Waals surface area contributed by atoms with Crippen LogP contribution in [0.5, 0.6) is 0 Å². The smallest absolute Gasteiger partial charge is 0.0727 e. The molecule has 1 aromatic heterocycles. The molecular weight excluding hydrogens is 168 g/mol. The molecule has 1 N–H and O–H groups in total. The number of hydrogen-bond acceptors (Lipinski definition) is 2. The van der Waals surface area contributed by atoms with E-state index in [9.17, 15) is 5.11 Å². The molecule has 1 unspecified atom stereocenters. The van der Waals surface area contributed by atoms with E-state index in [0.717, 1.165) is 19.3 Å². The molecule has 1 aliphatic rings. The molecule has 0 aromatic carbocycles. The molecule has 64 valence electrons. The average Bonchev–Trinajstić information content (AvgIpc) is 2.56. The molecule has 0 saturated heterocycles. The summed E-state index contributed by atoms with van der Waals surface area (Å²) in [5, 5.41) is 11.5. The molecule has 0 amide bonds. The Kier molecular flexibility index (Phi) is 2.28. The van der Waals surface area contributed by atoms with Gasteiger partial charge in [-0.25, -0.2) is 0 Å². The monoisotopic (exact) mass is 180 g/mol. The van der Waals surface area contributed by atoms with E-state index in [1.807, 2.05) is 6.08 Å². The van der Waals surface area contributed by atoms with Crippen LogP contribution < -0.4 is 0 Å². The number of aliphatic hydroxyl groups is 1. The summed E-state index contributed by atoms with van der Waals surface area (Å²) in [5.41, 5.74) is 1.32. The molecule has 0 aliphatic heterocycles. The van der Waals surface area contributed by atoms with Gasteiger partial charge in [0.25, 0.3) is 0 Å². The second-order valence-electron chi connectivity index (χ2n) is 3.13. The molecule has 2 heteroatoms. The van der Waals surface area contributed by atoms with Gasteiger partial charge in [0.05, 0.1) is 6.10 Å². The Morgan fingerprint density at radius 3 is 3.08 bits per heavy atom. The lowest BCUT2D eigenvalue weighted by Gasteiger charge is -2.15. The molecule has 0 bridgehead atoms. The molecule has 1 aromatic rings. The number of thiophene rings is 1. The quantitative estimate of drug-likeness (QED) is 0.704. The van der Waals surface area contributed by atoms with E-state index >= 15 is 0 Å². The highest BCUT2D eigenvalue weighted by Gasteiger charge is 2.12. The largest absolute Gasteiger partial charge is 0.389 e. The first-order valence-electron chi connectivity index (χ1n) is 4.29. The summed E-state index contributed by atoms with van der Waals surface area (Å²) >= 11 is 1.75. The van der Waals surface area contributed by atoms with Crippen molar-refractivity contribution in [3.8, 4) is 0 Å². The van der Waals surface area contributed by atoms with E-state index in [4.69, 9.17) is 0 Å². The van der Waals surface area contributed by atoms with Crippen molar-refractivity contribution in [2.45, 2.75) is 25.4 Å². The lowest BCUT2D eigenvalue weighted by atomic mass is 9.97. The zero-order chi connectivity index (χ0) is 8.39. The number of rotatable bonds is 1. The average molecular weight is 180 g/mol. The van der Waals surface area contributed by atoms with Crippen molar-refractivity contribution in [2.24, 2.45) is 0 Å². The molecule has 0 radical (unpaired) electrons. The predicted molar refractivity (Wildman–Crippen MR) is 52.2 cm³/mol. The molecule has 1 nitrogen and oxygen atoms in total. The van der Waals surface area contributed by atoms with Crippen LogP contribution in [0.2, 0.25) is 0 Å². The highest BCUT2D eigenvalue weighted by molar-refractivity contribution is 7.11. The summed E-state index contributed by atoms with van der Waals surface area (Å²) in [6.45, 7) is 0. The first-order chi connectivity index (χ1) is 5.86. The summed E-state index contributed by atoms with van der Waals surface area (Å²) in [4.78, 5) is 1.31. The van der Waals surface area contributed by atoms with Crippen LogP contribution in [0.4, 0.5) is 0 Å². The summed E-state index contributed by atoms with van der Waals surface area (Å²) in [6, 6.07) is 4.18. The van der Waals surface area contributed by atoms with Gasteiger partial charge in [-0.1, -0.05) is 12.1 Å². The van der Waals surface area contributed by atoms with Crippen LogP contribution in [0.15, 0.2) is 23.6 Å². The van der Waals surface area contributed by atoms with Gasteiger partial charge in [-0.15, -0.1) is 11.3 Å². The van der Waals surface area contributed by atoms with Crippen LogP contribution in [-0.4, -0.2) is 11.2 Å². The van der Waals surface area contributed by atoms with Gasteiger partial charge in [0.15, 0.2) is 0 Å². The van der Waals surface area contributed by atoms with Crippen LogP contribution in [0.25, 0.3) is 5.57 Å². The summed E-state index contributed by atoms with van der Waals surface area (Å²) in [5.74, 6) is 0. The van der Waals surface area contributed by atoms with E-state index in [2.05, 4.69) is 17.5 Å². The van der Waals surface area contributed by atoms with E-state index in [1.165, 1.54) is 10.5 Å². The Morgan fingerprint density at radius 2 is 2.42 bits per heavy atom. The SMILES string of the molecule is OC1C=C(c2cccs2)CCC1. The minimum absolute atomic E-state index is 0.212. The Morgan fingerprint density at radius 1 is 1.50 bits per heavy atom.